The van der Waals surface area contributed by atoms with Crippen LogP contribution in [0.3, 0.4) is 0 Å². The highest BCUT2D eigenvalue weighted by Crippen LogP contribution is 2.30. The van der Waals surface area contributed by atoms with Crippen LogP contribution in [0.15, 0.2) is 78.0 Å². The highest BCUT2D eigenvalue weighted by atomic mass is 16.5. The van der Waals surface area contributed by atoms with Gasteiger partial charge in [0.05, 0.1) is 18.5 Å². The highest BCUT2D eigenvalue weighted by Gasteiger charge is 2.19. The first-order valence-corrected chi connectivity index (χ1v) is 11.2. The zero-order chi connectivity index (χ0) is 23.4. The fraction of sp³-hybridized carbons (Fsp3) is 0.296. The maximum atomic E-state index is 6.16. The maximum absolute atomic E-state index is 6.16. The topological polar surface area (TPSA) is 60.4 Å². The molecule has 0 unspecified atom stereocenters. The van der Waals surface area contributed by atoms with E-state index in [2.05, 4.69) is 54.7 Å². The standard InChI is InChI=1S/C27H30N4O2/c1-18(2)27-29-12-10-24(30-27)25-15-22(9-11-28-25)31-16-19(3)26(13-20(31)4)33-17-21-7-6-8-23(14-21)32-5/h6-15,18H,16-17H2,1-5H3. The first-order valence-electron chi connectivity index (χ1n) is 11.2. The molecular formula is C27H30N4O2. The van der Waals surface area contributed by atoms with Gasteiger partial charge in [-0.1, -0.05) is 26.0 Å². The van der Waals surface area contributed by atoms with Crippen molar-refractivity contribution in [2.45, 2.75) is 40.2 Å². The van der Waals surface area contributed by atoms with Crippen LogP contribution in [0.4, 0.5) is 5.69 Å². The average Bonchev–Trinajstić information content (AvgIpc) is 2.84. The van der Waals surface area contributed by atoms with E-state index in [4.69, 9.17) is 14.5 Å². The summed E-state index contributed by atoms with van der Waals surface area (Å²) in [6, 6.07) is 14.0. The number of ether oxygens (including phenoxy) is 2. The van der Waals surface area contributed by atoms with Crippen LogP contribution in [0, 0.1) is 0 Å². The van der Waals surface area contributed by atoms with E-state index in [9.17, 15) is 0 Å². The molecule has 0 spiro atoms. The van der Waals surface area contributed by atoms with Crippen LogP contribution in [-0.4, -0.2) is 28.6 Å². The molecule has 0 saturated heterocycles. The first kappa shape index (κ1) is 22.5. The predicted octanol–water partition coefficient (Wildman–Crippen LogP) is 5.89. The molecular weight excluding hydrogens is 412 g/mol. The number of pyridine rings is 1. The Balaban J connectivity index is 1.51. The van der Waals surface area contributed by atoms with E-state index in [1.807, 2.05) is 42.6 Å². The van der Waals surface area contributed by atoms with E-state index < -0.39 is 0 Å². The second-order valence-corrected chi connectivity index (χ2v) is 8.51. The molecule has 4 rings (SSSR count). The minimum absolute atomic E-state index is 0.267. The van der Waals surface area contributed by atoms with Crippen molar-refractivity contribution in [3.63, 3.8) is 0 Å². The molecule has 3 heterocycles. The fourth-order valence-electron chi connectivity index (χ4n) is 3.74. The summed E-state index contributed by atoms with van der Waals surface area (Å²) < 4.78 is 11.5. The van der Waals surface area contributed by atoms with Crippen LogP contribution in [0.25, 0.3) is 11.4 Å². The third-order valence-corrected chi connectivity index (χ3v) is 5.62. The van der Waals surface area contributed by atoms with Gasteiger partial charge in [-0.15, -0.1) is 0 Å². The minimum Gasteiger partial charge on any atom is -0.497 e. The molecule has 170 valence electrons. The third kappa shape index (κ3) is 5.22. The summed E-state index contributed by atoms with van der Waals surface area (Å²) in [7, 11) is 1.67. The van der Waals surface area contributed by atoms with Gasteiger partial charge in [-0.05, 0) is 61.4 Å². The molecule has 2 aromatic heterocycles. The van der Waals surface area contributed by atoms with Crippen molar-refractivity contribution in [1.29, 1.82) is 0 Å². The molecule has 0 saturated carbocycles. The Morgan fingerprint density at radius 3 is 2.61 bits per heavy atom. The number of benzene rings is 1. The summed E-state index contributed by atoms with van der Waals surface area (Å²) >= 11 is 0. The lowest BCUT2D eigenvalue weighted by molar-refractivity contribution is 0.205. The molecule has 6 heteroatoms. The Labute approximate surface area is 195 Å². The average molecular weight is 443 g/mol. The monoisotopic (exact) mass is 442 g/mol. The van der Waals surface area contributed by atoms with Crippen molar-refractivity contribution >= 4 is 5.69 Å². The Morgan fingerprint density at radius 2 is 1.82 bits per heavy atom. The second kappa shape index (κ2) is 9.86. The molecule has 3 aromatic rings. The second-order valence-electron chi connectivity index (χ2n) is 8.51. The lowest BCUT2D eigenvalue weighted by atomic mass is 10.1. The summed E-state index contributed by atoms with van der Waals surface area (Å²) in [6.45, 7) is 9.64. The maximum Gasteiger partial charge on any atom is 0.131 e. The van der Waals surface area contributed by atoms with Gasteiger partial charge in [0, 0.05) is 36.2 Å². The van der Waals surface area contributed by atoms with Gasteiger partial charge in [0.1, 0.15) is 23.9 Å². The number of aromatic nitrogens is 3. The summed E-state index contributed by atoms with van der Waals surface area (Å²) in [5.41, 5.74) is 6.11. The quantitative estimate of drug-likeness (QED) is 0.455. The normalized spacial score (nSPS) is 13.9. The number of hydrogen-bond donors (Lipinski definition) is 0. The van der Waals surface area contributed by atoms with Gasteiger partial charge in [-0.3, -0.25) is 4.98 Å². The molecule has 0 radical (unpaired) electrons. The van der Waals surface area contributed by atoms with E-state index in [0.29, 0.717) is 6.61 Å². The number of methoxy groups -OCH3 is 1. The highest BCUT2D eigenvalue weighted by molar-refractivity contribution is 5.64. The molecule has 6 nitrogen and oxygen atoms in total. The van der Waals surface area contributed by atoms with E-state index in [-0.39, 0.29) is 5.92 Å². The van der Waals surface area contributed by atoms with Gasteiger partial charge in [-0.2, -0.15) is 0 Å². The van der Waals surface area contributed by atoms with Crippen molar-refractivity contribution in [1.82, 2.24) is 15.0 Å². The molecule has 0 amide bonds. The van der Waals surface area contributed by atoms with E-state index in [1.54, 1.807) is 13.3 Å². The van der Waals surface area contributed by atoms with Crippen molar-refractivity contribution in [2.75, 3.05) is 18.6 Å². The largest absolute Gasteiger partial charge is 0.497 e. The number of nitrogens with zero attached hydrogens (tertiary/aromatic N) is 4. The van der Waals surface area contributed by atoms with Crippen molar-refractivity contribution in [3.8, 4) is 17.1 Å². The van der Waals surface area contributed by atoms with Crippen molar-refractivity contribution < 1.29 is 9.47 Å². The van der Waals surface area contributed by atoms with Gasteiger partial charge in [0.2, 0.25) is 0 Å². The van der Waals surface area contributed by atoms with E-state index in [1.165, 1.54) is 5.57 Å². The summed E-state index contributed by atoms with van der Waals surface area (Å²) in [5, 5.41) is 0. The number of allylic oxidation sites excluding steroid dienone is 2. The van der Waals surface area contributed by atoms with Gasteiger partial charge < -0.3 is 14.4 Å². The number of rotatable bonds is 7. The Morgan fingerprint density at radius 1 is 1.00 bits per heavy atom. The molecule has 0 N–H and O–H groups in total. The number of hydrogen-bond acceptors (Lipinski definition) is 6. The molecule has 1 aliphatic rings. The van der Waals surface area contributed by atoms with Gasteiger partial charge in [-0.25, -0.2) is 9.97 Å². The van der Waals surface area contributed by atoms with Gasteiger partial charge in [0.25, 0.3) is 0 Å². The van der Waals surface area contributed by atoms with Crippen LogP contribution in [-0.2, 0) is 11.3 Å². The Bertz CT molecular complexity index is 1200. The summed E-state index contributed by atoms with van der Waals surface area (Å²) in [6.07, 6.45) is 5.74. The first-order chi connectivity index (χ1) is 15.9. The smallest absolute Gasteiger partial charge is 0.131 e. The minimum atomic E-state index is 0.267. The SMILES string of the molecule is COc1cccc(COC2=C(C)CN(c3ccnc(-c4ccnc(C(C)C)n4)c3)C(C)=C2)c1. The van der Waals surface area contributed by atoms with E-state index in [0.717, 1.165) is 52.2 Å². The van der Waals surface area contributed by atoms with Crippen molar-refractivity contribution in [2.24, 2.45) is 0 Å². The molecule has 0 atom stereocenters. The van der Waals surface area contributed by atoms with E-state index >= 15 is 0 Å². The van der Waals surface area contributed by atoms with Crippen LogP contribution in [0.1, 0.15) is 45.0 Å². The van der Waals surface area contributed by atoms with Crippen LogP contribution >= 0.6 is 0 Å². The third-order valence-electron chi connectivity index (χ3n) is 5.62. The zero-order valence-electron chi connectivity index (χ0n) is 19.9. The molecule has 0 fully saturated rings. The number of anilines is 1. The van der Waals surface area contributed by atoms with Crippen LogP contribution in [0.5, 0.6) is 5.75 Å². The van der Waals surface area contributed by atoms with Crippen molar-refractivity contribution in [3.05, 3.63) is 89.4 Å². The molecule has 33 heavy (non-hydrogen) atoms. The predicted molar refractivity (Wildman–Crippen MR) is 131 cm³/mol. The Hall–Kier alpha value is -3.67. The lowest BCUT2D eigenvalue weighted by Crippen LogP contribution is -2.27. The molecule has 1 aromatic carbocycles. The zero-order valence-corrected chi connectivity index (χ0v) is 19.9. The molecule has 1 aliphatic heterocycles. The van der Waals surface area contributed by atoms with Crippen LogP contribution < -0.4 is 9.64 Å². The fourth-order valence-corrected chi connectivity index (χ4v) is 3.74. The molecule has 0 bridgehead atoms. The summed E-state index contributed by atoms with van der Waals surface area (Å²) in [5.74, 6) is 2.84. The Kier molecular flexibility index (Phi) is 6.73. The van der Waals surface area contributed by atoms with Gasteiger partial charge in [0.15, 0.2) is 0 Å². The van der Waals surface area contributed by atoms with Crippen LogP contribution in [0.2, 0.25) is 0 Å². The van der Waals surface area contributed by atoms with Gasteiger partial charge >= 0.3 is 0 Å². The summed E-state index contributed by atoms with van der Waals surface area (Å²) in [4.78, 5) is 15.9. The molecule has 0 aliphatic carbocycles. The lowest BCUT2D eigenvalue weighted by Gasteiger charge is -2.31.